The molecule has 6 heteroatoms. The number of amides is 1. The molecule has 0 unspecified atom stereocenters. The van der Waals surface area contributed by atoms with Gasteiger partial charge in [0, 0.05) is 26.8 Å². The van der Waals surface area contributed by atoms with E-state index in [0.29, 0.717) is 19.7 Å². The Labute approximate surface area is 115 Å². The molecule has 0 aliphatic rings. The minimum atomic E-state index is -0.325. The Balaban J connectivity index is 4.10. The summed E-state index contributed by atoms with van der Waals surface area (Å²) in [4.78, 5) is 24.5. The van der Waals surface area contributed by atoms with Gasteiger partial charge in [-0.2, -0.15) is 0 Å². The summed E-state index contributed by atoms with van der Waals surface area (Å²) in [7, 11) is 2.80. The fraction of sp³-hybridized carbons (Fsp3) is 0.846. The highest BCUT2D eigenvalue weighted by Gasteiger charge is 2.14. The van der Waals surface area contributed by atoms with Gasteiger partial charge < -0.3 is 19.1 Å². The van der Waals surface area contributed by atoms with Crippen molar-refractivity contribution < 1.29 is 23.8 Å². The summed E-state index contributed by atoms with van der Waals surface area (Å²) in [5.74, 6) is -0.454. The topological polar surface area (TPSA) is 65.1 Å². The van der Waals surface area contributed by atoms with Crippen LogP contribution in [-0.4, -0.2) is 63.4 Å². The molecule has 0 aliphatic heterocycles. The standard InChI is InChI=1S/C13H25NO5/c1-11(2)19-9-5-7-14(12(15)10-17-3)8-6-13(16)18-4/h11H,5-10H2,1-4H3. The highest BCUT2D eigenvalue weighted by molar-refractivity contribution is 5.78. The SMILES string of the molecule is COCC(=O)N(CCCOC(C)C)CCC(=O)OC. The number of carbonyl (C=O) groups is 2. The van der Waals surface area contributed by atoms with Crippen LogP contribution in [-0.2, 0) is 23.8 Å². The summed E-state index contributed by atoms with van der Waals surface area (Å²) >= 11 is 0. The third kappa shape index (κ3) is 9.44. The molecule has 19 heavy (non-hydrogen) atoms. The number of nitrogens with zero attached hydrogens (tertiary/aromatic N) is 1. The maximum absolute atomic E-state index is 11.8. The van der Waals surface area contributed by atoms with Crippen LogP contribution < -0.4 is 0 Å². The van der Waals surface area contributed by atoms with Gasteiger partial charge in [0.1, 0.15) is 6.61 Å². The highest BCUT2D eigenvalue weighted by Crippen LogP contribution is 1.99. The first-order valence-corrected chi connectivity index (χ1v) is 6.46. The van der Waals surface area contributed by atoms with Crippen molar-refractivity contribution >= 4 is 11.9 Å². The van der Waals surface area contributed by atoms with Gasteiger partial charge in [0.2, 0.25) is 5.91 Å². The van der Waals surface area contributed by atoms with Crippen molar-refractivity contribution in [3.05, 3.63) is 0 Å². The molecule has 0 aromatic heterocycles. The molecule has 0 aliphatic carbocycles. The minimum Gasteiger partial charge on any atom is -0.469 e. The van der Waals surface area contributed by atoms with Gasteiger partial charge in [-0.1, -0.05) is 0 Å². The van der Waals surface area contributed by atoms with E-state index in [2.05, 4.69) is 4.74 Å². The van der Waals surface area contributed by atoms with Crippen molar-refractivity contribution in [1.29, 1.82) is 0 Å². The van der Waals surface area contributed by atoms with Crippen molar-refractivity contribution in [2.45, 2.75) is 32.8 Å². The van der Waals surface area contributed by atoms with E-state index in [1.54, 1.807) is 4.90 Å². The summed E-state index contributed by atoms with van der Waals surface area (Å²) in [5.41, 5.74) is 0. The predicted octanol–water partition coefficient (Wildman–Crippen LogP) is 0.840. The van der Waals surface area contributed by atoms with Crippen LogP contribution in [0.15, 0.2) is 0 Å². The maximum atomic E-state index is 11.8. The average Bonchev–Trinajstić information content (AvgIpc) is 2.37. The van der Waals surface area contributed by atoms with Crippen molar-refractivity contribution in [2.75, 3.05) is 40.5 Å². The molecular weight excluding hydrogens is 250 g/mol. The molecule has 0 fully saturated rings. The van der Waals surface area contributed by atoms with Crippen LogP contribution in [0.3, 0.4) is 0 Å². The lowest BCUT2D eigenvalue weighted by Crippen LogP contribution is -2.37. The molecule has 0 bridgehead atoms. The molecule has 0 saturated heterocycles. The molecule has 1 amide bonds. The zero-order valence-corrected chi connectivity index (χ0v) is 12.3. The molecular formula is C13H25NO5. The average molecular weight is 275 g/mol. The Kier molecular flexibility index (Phi) is 10.1. The molecule has 0 N–H and O–H groups in total. The Morgan fingerprint density at radius 2 is 1.84 bits per heavy atom. The number of rotatable bonds is 10. The van der Waals surface area contributed by atoms with Gasteiger partial charge in [-0.3, -0.25) is 9.59 Å². The maximum Gasteiger partial charge on any atom is 0.307 e. The van der Waals surface area contributed by atoms with Crippen LogP contribution in [0.4, 0.5) is 0 Å². The van der Waals surface area contributed by atoms with Crippen molar-refractivity contribution in [3.63, 3.8) is 0 Å². The second kappa shape index (κ2) is 10.8. The fourth-order valence-electron chi connectivity index (χ4n) is 1.48. The van der Waals surface area contributed by atoms with Crippen LogP contribution in [0.5, 0.6) is 0 Å². The van der Waals surface area contributed by atoms with E-state index in [1.807, 2.05) is 13.8 Å². The van der Waals surface area contributed by atoms with Crippen LogP contribution in [0.25, 0.3) is 0 Å². The van der Waals surface area contributed by atoms with E-state index in [9.17, 15) is 9.59 Å². The second-order valence-electron chi connectivity index (χ2n) is 4.41. The molecule has 0 aromatic carbocycles. The lowest BCUT2D eigenvalue weighted by atomic mass is 10.3. The number of ether oxygens (including phenoxy) is 3. The Morgan fingerprint density at radius 3 is 2.37 bits per heavy atom. The van der Waals surface area contributed by atoms with E-state index in [1.165, 1.54) is 14.2 Å². The predicted molar refractivity (Wildman–Crippen MR) is 70.8 cm³/mol. The molecule has 0 rings (SSSR count). The molecule has 0 saturated carbocycles. The largest absolute Gasteiger partial charge is 0.469 e. The second-order valence-corrected chi connectivity index (χ2v) is 4.41. The Bertz CT molecular complexity index is 268. The summed E-state index contributed by atoms with van der Waals surface area (Å²) in [6, 6.07) is 0. The molecule has 0 radical (unpaired) electrons. The molecule has 0 heterocycles. The third-order valence-corrected chi connectivity index (χ3v) is 2.46. The highest BCUT2D eigenvalue weighted by atomic mass is 16.5. The normalized spacial score (nSPS) is 10.6. The first-order valence-electron chi connectivity index (χ1n) is 6.46. The van der Waals surface area contributed by atoms with Gasteiger partial charge in [-0.25, -0.2) is 0 Å². The summed E-state index contributed by atoms with van der Waals surface area (Å²) in [6.07, 6.45) is 1.10. The van der Waals surface area contributed by atoms with Crippen molar-refractivity contribution in [3.8, 4) is 0 Å². The fourth-order valence-corrected chi connectivity index (χ4v) is 1.48. The summed E-state index contributed by atoms with van der Waals surface area (Å²) in [5, 5.41) is 0. The first kappa shape index (κ1) is 17.9. The number of carbonyl (C=O) groups excluding carboxylic acids is 2. The third-order valence-electron chi connectivity index (χ3n) is 2.46. The van der Waals surface area contributed by atoms with Crippen LogP contribution in [0, 0.1) is 0 Å². The Hall–Kier alpha value is -1.14. The van der Waals surface area contributed by atoms with Gasteiger partial charge in [-0.05, 0) is 20.3 Å². The van der Waals surface area contributed by atoms with Gasteiger partial charge >= 0.3 is 5.97 Å². The van der Waals surface area contributed by atoms with Gasteiger partial charge in [0.15, 0.2) is 0 Å². The number of hydrogen-bond acceptors (Lipinski definition) is 5. The lowest BCUT2D eigenvalue weighted by Gasteiger charge is -2.22. The van der Waals surface area contributed by atoms with E-state index >= 15 is 0 Å². The monoisotopic (exact) mass is 275 g/mol. The van der Waals surface area contributed by atoms with Crippen molar-refractivity contribution in [2.24, 2.45) is 0 Å². The van der Waals surface area contributed by atoms with Gasteiger partial charge in [0.05, 0.1) is 19.6 Å². The molecule has 0 spiro atoms. The van der Waals surface area contributed by atoms with E-state index in [4.69, 9.17) is 9.47 Å². The van der Waals surface area contributed by atoms with Gasteiger partial charge in [0.25, 0.3) is 0 Å². The smallest absolute Gasteiger partial charge is 0.307 e. The molecule has 6 nitrogen and oxygen atoms in total. The zero-order valence-electron chi connectivity index (χ0n) is 12.3. The number of hydrogen-bond donors (Lipinski definition) is 0. The summed E-state index contributed by atoms with van der Waals surface area (Å²) < 4.78 is 14.8. The van der Waals surface area contributed by atoms with Crippen LogP contribution in [0.1, 0.15) is 26.7 Å². The van der Waals surface area contributed by atoms with E-state index < -0.39 is 0 Å². The molecule has 0 atom stereocenters. The van der Waals surface area contributed by atoms with Crippen molar-refractivity contribution in [1.82, 2.24) is 4.90 Å². The van der Waals surface area contributed by atoms with E-state index in [0.717, 1.165) is 6.42 Å². The molecule has 0 aromatic rings. The zero-order chi connectivity index (χ0) is 14.7. The van der Waals surface area contributed by atoms with Gasteiger partial charge in [-0.15, -0.1) is 0 Å². The quantitative estimate of drug-likeness (QED) is 0.436. The number of esters is 1. The lowest BCUT2D eigenvalue weighted by molar-refractivity contribution is -0.142. The number of methoxy groups -OCH3 is 2. The summed E-state index contributed by atoms with van der Waals surface area (Å²) in [6.45, 7) is 5.43. The molecule has 112 valence electrons. The van der Waals surface area contributed by atoms with Crippen LogP contribution in [0.2, 0.25) is 0 Å². The minimum absolute atomic E-state index is 0.0200. The van der Waals surface area contributed by atoms with Crippen LogP contribution >= 0.6 is 0 Å². The van der Waals surface area contributed by atoms with E-state index in [-0.39, 0.29) is 31.0 Å². The Morgan fingerprint density at radius 1 is 1.16 bits per heavy atom. The first-order chi connectivity index (χ1) is 9.01.